The van der Waals surface area contributed by atoms with Gasteiger partial charge in [0.25, 0.3) is 0 Å². The van der Waals surface area contributed by atoms with Crippen molar-refractivity contribution >= 4 is 22.8 Å². The van der Waals surface area contributed by atoms with Crippen molar-refractivity contribution in [1.29, 1.82) is 0 Å². The first-order chi connectivity index (χ1) is 9.83. The second-order valence-electron chi connectivity index (χ2n) is 4.96. The number of rotatable bonds is 6. The minimum atomic E-state index is -2.21. The molecule has 0 amide bonds. The molecule has 1 heterocycles. The van der Waals surface area contributed by atoms with E-state index >= 15 is 0 Å². The lowest BCUT2D eigenvalue weighted by atomic mass is 9.88. The summed E-state index contributed by atoms with van der Waals surface area (Å²) < 4.78 is 0. The highest BCUT2D eigenvalue weighted by Crippen LogP contribution is 2.26. The molecule has 0 unspecified atom stereocenters. The molecule has 0 fully saturated rings. The minimum absolute atomic E-state index is 0.210. The van der Waals surface area contributed by atoms with Crippen LogP contribution >= 0.6 is 0 Å². The first-order valence-corrected chi connectivity index (χ1v) is 6.25. The third-order valence-electron chi connectivity index (χ3n) is 3.36. The number of carboxylic acids is 2. The maximum absolute atomic E-state index is 11.3. The Morgan fingerprint density at radius 1 is 1.24 bits per heavy atom. The summed E-state index contributed by atoms with van der Waals surface area (Å²) in [5, 5.41) is 29.1. The van der Waals surface area contributed by atoms with Gasteiger partial charge in [0.2, 0.25) is 0 Å². The number of nitrogens with one attached hydrogen (secondary N) is 1. The van der Waals surface area contributed by atoms with Crippen LogP contribution in [0.15, 0.2) is 42.6 Å². The van der Waals surface area contributed by atoms with Crippen molar-refractivity contribution in [2.75, 3.05) is 0 Å². The maximum Gasteiger partial charge on any atom is 0.336 e. The van der Waals surface area contributed by atoms with Gasteiger partial charge in [-0.2, -0.15) is 0 Å². The number of benzene rings is 1. The van der Waals surface area contributed by atoms with Crippen molar-refractivity contribution in [1.82, 2.24) is 4.98 Å². The van der Waals surface area contributed by atoms with Gasteiger partial charge in [0.05, 0.1) is 0 Å². The van der Waals surface area contributed by atoms with Crippen LogP contribution in [-0.4, -0.2) is 37.8 Å². The van der Waals surface area contributed by atoms with Gasteiger partial charge >= 0.3 is 11.9 Å². The maximum atomic E-state index is 11.3. The van der Waals surface area contributed by atoms with Crippen LogP contribution in [0.3, 0.4) is 0 Å². The van der Waals surface area contributed by atoms with Gasteiger partial charge in [-0.1, -0.05) is 24.8 Å². The van der Waals surface area contributed by atoms with E-state index in [9.17, 15) is 19.8 Å². The van der Waals surface area contributed by atoms with Crippen molar-refractivity contribution < 1.29 is 24.9 Å². The SMILES string of the molecule is C=C(C[C@](O)(Cc1c[nH]c2ccccc12)C(=O)O)C(=O)O. The number of hydrogen-bond acceptors (Lipinski definition) is 3. The number of hydrogen-bond donors (Lipinski definition) is 4. The smallest absolute Gasteiger partial charge is 0.336 e. The molecule has 2 rings (SSSR count). The Bertz CT molecular complexity index is 718. The lowest BCUT2D eigenvalue weighted by Crippen LogP contribution is -2.41. The fourth-order valence-corrected chi connectivity index (χ4v) is 2.24. The van der Waals surface area contributed by atoms with Crippen molar-refractivity contribution in [2.24, 2.45) is 0 Å². The second kappa shape index (κ2) is 5.41. The third-order valence-corrected chi connectivity index (χ3v) is 3.36. The molecule has 0 bridgehead atoms. The summed E-state index contributed by atoms with van der Waals surface area (Å²) >= 11 is 0. The van der Waals surface area contributed by atoms with Crippen LogP contribution in [0.2, 0.25) is 0 Å². The summed E-state index contributed by atoms with van der Waals surface area (Å²) in [6, 6.07) is 7.26. The Morgan fingerprint density at radius 3 is 2.52 bits per heavy atom. The van der Waals surface area contributed by atoms with Crippen LogP contribution in [0.5, 0.6) is 0 Å². The Labute approximate surface area is 120 Å². The number of carbonyl (C=O) groups is 2. The number of fused-ring (bicyclic) bond motifs is 1. The van der Waals surface area contributed by atoms with E-state index in [1.54, 1.807) is 18.3 Å². The van der Waals surface area contributed by atoms with Crippen LogP contribution in [0.4, 0.5) is 0 Å². The summed E-state index contributed by atoms with van der Waals surface area (Å²) in [6.07, 6.45) is 0.859. The van der Waals surface area contributed by atoms with Gasteiger partial charge in [0.1, 0.15) is 0 Å². The first-order valence-electron chi connectivity index (χ1n) is 6.25. The van der Waals surface area contributed by atoms with E-state index in [-0.39, 0.29) is 12.0 Å². The summed E-state index contributed by atoms with van der Waals surface area (Å²) in [4.78, 5) is 25.1. The number of aromatic amines is 1. The predicted octanol–water partition coefficient (Wildman–Crippen LogP) is 1.56. The molecule has 1 aromatic carbocycles. The first kappa shape index (κ1) is 14.8. The number of carboxylic acid groups (broad SMARTS) is 2. The highest BCUT2D eigenvalue weighted by molar-refractivity contribution is 5.89. The molecule has 2 aromatic rings. The van der Waals surface area contributed by atoms with Crippen LogP contribution in [0.25, 0.3) is 10.9 Å². The zero-order valence-electron chi connectivity index (χ0n) is 11.2. The number of aliphatic hydroxyl groups is 1. The van der Waals surface area contributed by atoms with Crippen LogP contribution < -0.4 is 0 Å². The molecule has 110 valence electrons. The van der Waals surface area contributed by atoms with Gasteiger partial charge in [0, 0.05) is 35.5 Å². The Morgan fingerprint density at radius 2 is 1.90 bits per heavy atom. The molecule has 0 aliphatic carbocycles. The van der Waals surface area contributed by atoms with Crippen LogP contribution in [-0.2, 0) is 16.0 Å². The Hall–Kier alpha value is -2.60. The quantitative estimate of drug-likeness (QED) is 0.603. The monoisotopic (exact) mass is 289 g/mol. The molecular weight excluding hydrogens is 274 g/mol. The van der Waals surface area contributed by atoms with E-state index in [2.05, 4.69) is 11.6 Å². The summed E-state index contributed by atoms with van der Waals surface area (Å²) in [5.41, 5.74) is -1.13. The summed E-state index contributed by atoms with van der Waals surface area (Å²) in [7, 11) is 0. The summed E-state index contributed by atoms with van der Waals surface area (Å²) in [6.45, 7) is 3.28. The highest BCUT2D eigenvalue weighted by atomic mass is 16.4. The molecule has 0 radical (unpaired) electrons. The molecule has 0 aliphatic rings. The average Bonchev–Trinajstić information content (AvgIpc) is 2.81. The fraction of sp³-hybridized carbons (Fsp3) is 0.200. The normalized spacial score (nSPS) is 13.8. The van der Waals surface area contributed by atoms with E-state index in [1.165, 1.54) is 0 Å². The molecular formula is C15H15NO5. The van der Waals surface area contributed by atoms with Gasteiger partial charge in [0.15, 0.2) is 5.60 Å². The molecule has 6 nitrogen and oxygen atoms in total. The molecule has 1 aromatic heterocycles. The van der Waals surface area contributed by atoms with E-state index in [4.69, 9.17) is 5.11 Å². The standard InChI is InChI=1S/C15H15NO5/c1-9(13(17)18)6-15(21,14(19)20)7-10-8-16-12-5-3-2-4-11(10)12/h2-5,8,16,21H,1,6-7H2,(H,17,18)(H,19,20)/t15-/m0/s1. The van der Waals surface area contributed by atoms with E-state index < -0.39 is 24.0 Å². The number of aromatic nitrogens is 1. The Balaban J connectivity index is 2.34. The predicted molar refractivity (Wildman–Crippen MR) is 76.0 cm³/mol. The molecule has 1 atom stereocenters. The van der Waals surface area contributed by atoms with E-state index in [1.807, 2.05) is 12.1 Å². The van der Waals surface area contributed by atoms with Gasteiger partial charge in [-0.05, 0) is 11.6 Å². The third kappa shape index (κ3) is 2.95. The Kier molecular flexibility index (Phi) is 3.82. The van der Waals surface area contributed by atoms with Gasteiger partial charge < -0.3 is 20.3 Å². The lowest BCUT2D eigenvalue weighted by molar-refractivity contribution is -0.158. The van der Waals surface area contributed by atoms with E-state index in [0.29, 0.717) is 5.56 Å². The molecule has 4 N–H and O–H groups in total. The van der Waals surface area contributed by atoms with Crippen LogP contribution in [0.1, 0.15) is 12.0 Å². The zero-order valence-corrected chi connectivity index (χ0v) is 11.2. The van der Waals surface area contributed by atoms with Crippen molar-refractivity contribution in [3.63, 3.8) is 0 Å². The molecule has 0 saturated heterocycles. The molecule has 0 aliphatic heterocycles. The van der Waals surface area contributed by atoms with Crippen LogP contribution in [0, 0.1) is 0 Å². The zero-order chi connectivity index (χ0) is 15.6. The second-order valence-corrected chi connectivity index (χ2v) is 4.96. The fourth-order valence-electron chi connectivity index (χ4n) is 2.24. The number of para-hydroxylation sites is 1. The van der Waals surface area contributed by atoms with Crippen molar-refractivity contribution in [3.05, 3.63) is 48.2 Å². The number of aliphatic carboxylic acids is 2. The lowest BCUT2D eigenvalue weighted by Gasteiger charge is -2.23. The number of H-pyrrole nitrogens is 1. The molecule has 0 spiro atoms. The van der Waals surface area contributed by atoms with Gasteiger partial charge in [-0.15, -0.1) is 0 Å². The van der Waals surface area contributed by atoms with Crippen molar-refractivity contribution in [2.45, 2.75) is 18.4 Å². The molecule has 6 heteroatoms. The van der Waals surface area contributed by atoms with Crippen molar-refractivity contribution in [3.8, 4) is 0 Å². The van der Waals surface area contributed by atoms with Gasteiger partial charge in [-0.3, -0.25) is 0 Å². The average molecular weight is 289 g/mol. The largest absolute Gasteiger partial charge is 0.479 e. The minimum Gasteiger partial charge on any atom is -0.479 e. The van der Waals surface area contributed by atoms with E-state index in [0.717, 1.165) is 10.9 Å². The molecule has 21 heavy (non-hydrogen) atoms. The summed E-state index contributed by atoms with van der Waals surface area (Å²) in [5.74, 6) is -2.80. The topological polar surface area (TPSA) is 111 Å². The molecule has 0 saturated carbocycles. The van der Waals surface area contributed by atoms with Gasteiger partial charge in [-0.25, -0.2) is 9.59 Å². The highest BCUT2D eigenvalue weighted by Gasteiger charge is 2.38.